The predicted molar refractivity (Wildman–Crippen MR) is 97.9 cm³/mol. The summed E-state index contributed by atoms with van der Waals surface area (Å²) in [5, 5.41) is 4.26. The van der Waals surface area contributed by atoms with Crippen LogP contribution in [0.4, 0.5) is 0 Å². The lowest BCUT2D eigenvalue weighted by molar-refractivity contribution is -0.123. The Labute approximate surface area is 143 Å². The summed E-state index contributed by atoms with van der Waals surface area (Å²) in [5.74, 6) is -0.0546. The third kappa shape index (κ3) is 3.62. The van der Waals surface area contributed by atoms with E-state index in [4.69, 9.17) is 5.73 Å². The van der Waals surface area contributed by atoms with Crippen molar-refractivity contribution in [2.24, 2.45) is 5.73 Å². The van der Waals surface area contributed by atoms with Gasteiger partial charge in [-0.1, -0.05) is 18.2 Å². The number of likely N-dealkylation sites (tertiary alicyclic amines) is 1. The van der Waals surface area contributed by atoms with E-state index in [1.807, 2.05) is 24.4 Å². The molecule has 24 heavy (non-hydrogen) atoms. The van der Waals surface area contributed by atoms with E-state index in [0.29, 0.717) is 6.42 Å². The predicted octanol–water partition coefficient (Wildman–Crippen LogP) is 2.03. The van der Waals surface area contributed by atoms with Crippen LogP contribution in [-0.4, -0.2) is 46.5 Å². The number of nitrogens with one attached hydrogen (secondary N) is 2. The van der Waals surface area contributed by atoms with Gasteiger partial charge in [-0.25, -0.2) is 0 Å². The Bertz CT molecular complexity index is 715. The minimum Gasteiger partial charge on any atom is -0.361 e. The molecule has 2 heterocycles. The van der Waals surface area contributed by atoms with Gasteiger partial charge in [0.05, 0.1) is 6.04 Å². The molecule has 0 unspecified atom stereocenters. The molecule has 0 aliphatic carbocycles. The maximum atomic E-state index is 12.5. The summed E-state index contributed by atoms with van der Waals surface area (Å²) in [6, 6.07) is 7.77. The van der Waals surface area contributed by atoms with Crippen molar-refractivity contribution < 1.29 is 4.79 Å². The number of para-hydroxylation sites is 1. The highest BCUT2D eigenvalue weighted by atomic mass is 16.2. The molecule has 0 spiro atoms. The van der Waals surface area contributed by atoms with Crippen molar-refractivity contribution >= 4 is 16.8 Å². The Morgan fingerprint density at radius 1 is 1.42 bits per heavy atom. The molecule has 4 N–H and O–H groups in total. The normalized spacial score (nSPS) is 20.4. The van der Waals surface area contributed by atoms with Crippen LogP contribution < -0.4 is 11.1 Å². The highest BCUT2D eigenvalue weighted by molar-refractivity contribution is 5.86. The van der Waals surface area contributed by atoms with Crippen molar-refractivity contribution in [2.75, 3.05) is 13.1 Å². The topological polar surface area (TPSA) is 74.2 Å². The Balaban J connectivity index is 1.58. The van der Waals surface area contributed by atoms with Crippen molar-refractivity contribution in [1.29, 1.82) is 0 Å². The van der Waals surface area contributed by atoms with Crippen molar-refractivity contribution in [2.45, 2.75) is 51.2 Å². The average Bonchev–Trinajstić information content (AvgIpc) is 3.14. The van der Waals surface area contributed by atoms with Crippen molar-refractivity contribution in [3.8, 4) is 0 Å². The molecular weight excluding hydrogens is 300 g/mol. The van der Waals surface area contributed by atoms with Gasteiger partial charge < -0.3 is 16.0 Å². The van der Waals surface area contributed by atoms with Crippen LogP contribution in [0.1, 0.15) is 32.8 Å². The second-order valence-corrected chi connectivity index (χ2v) is 7.78. The van der Waals surface area contributed by atoms with E-state index in [0.717, 1.165) is 36.0 Å². The minimum absolute atomic E-state index is 0.0546. The van der Waals surface area contributed by atoms with Crippen LogP contribution in [0.2, 0.25) is 0 Å². The van der Waals surface area contributed by atoms with E-state index in [9.17, 15) is 4.79 Å². The number of rotatable bonds is 4. The highest BCUT2D eigenvalue weighted by Gasteiger charge is 2.31. The first-order valence-corrected chi connectivity index (χ1v) is 8.70. The largest absolute Gasteiger partial charge is 0.361 e. The maximum absolute atomic E-state index is 12.5. The van der Waals surface area contributed by atoms with E-state index >= 15 is 0 Å². The van der Waals surface area contributed by atoms with Crippen LogP contribution in [0.25, 0.3) is 10.9 Å². The van der Waals surface area contributed by atoms with Gasteiger partial charge in [-0.05, 0) is 45.2 Å². The van der Waals surface area contributed by atoms with Crippen LogP contribution in [0.5, 0.6) is 0 Å². The van der Waals surface area contributed by atoms with Gasteiger partial charge in [0.15, 0.2) is 0 Å². The van der Waals surface area contributed by atoms with Gasteiger partial charge in [-0.15, -0.1) is 0 Å². The fourth-order valence-electron chi connectivity index (χ4n) is 3.43. The van der Waals surface area contributed by atoms with Gasteiger partial charge in [0.1, 0.15) is 0 Å². The number of hydrogen-bond donors (Lipinski definition) is 3. The number of aromatic amines is 1. The number of fused-ring (bicyclic) bond motifs is 1. The molecule has 2 atom stereocenters. The second kappa shape index (κ2) is 6.57. The van der Waals surface area contributed by atoms with Crippen molar-refractivity contribution in [3.05, 3.63) is 36.0 Å². The van der Waals surface area contributed by atoms with E-state index in [1.165, 1.54) is 0 Å². The molecule has 3 rings (SSSR count). The highest BCUT2D eigenvalue weighted by Crippen LogP contribution is 2.21. The average molecular weight is 328 g/mol. The van der Waals surface area contributed by atoms with Crippen molar-refractivity contribution in [1.82, 2.24) is 15.2 Å². The molecule has 1 fully saturated rings. The molecule has 5 heteroatoms. The standard InChI is InChI=1S/C19H28N4O/c1-19(2,3)23-9-8-14(12-23)22-18(24)16(20)10-13-11-21-17-7-5-4-6-15(13)17/h4-7,11,14,16,21H,8-10,12,20H2,1-3H3,(H,22,24)/t14-,16-/m0/s1. The molecule has 0 radical (unpaired) electrons. The van der Waals surface area contributed by atoms with Gasteiger partial charge in [-0.2, -0.15) is 0 Å². The first-order chi connectivity index (χ1) is 11.3. The third-order valence-electron chi connectivity index (χ3n) is 4.93. The molecule has 5 nitrogen and oxygen atoms in total. The first-order valence-electron chi connectivity index (χ1n) is 8.70. The Hall–Kier alpha value is -1.85. The molecule has 0 bridgehead atoms. The summed E-state index contributed by atoms with van der Waals surface area (Å²) in [7, 11) is 0. The Morgan fingerprint density at radius 3 is 2.88 bits per heavy atom. The monoisotopic (exact) mass is 328 g/mol. The Morgan fingerprint density at radius 2 is 2.17 bits per heavy atom. The van der Waals surface area contributed by atoms with E-state index < -0.39 is 6.04 Å². The maximum Gasteiger partial charge on any atom is 0.237 e. The van der Waals surface area contributed by atoms with Crippen LogP contribution in [-0.2, 0) is 11.2 Å². The number of hydrogen-bond acceptors (Lipinski definition) is 3. The molecule has 1 saturated heterocycles. The number of nitrogens with zero attached hydrogens (tertiary/aromatic N) is 1. The summed E-state index contributed by atoms with van der Waals surface area (Å²) in [4.78, 5) is 18.1. The molecule has 0 saturated carbocycles. The van der Waals surface area contributed by atoms with Crippen LogP contribution >= 0.6 is 0 Å². The number of carbonyl (C=O) groups excluding carboxylic acids is 1. The lowest BCUT2D eigenvalue weighted by Gasteiger charge is -2.31. The molecule has 1 aliphatic heterocycles. The first kappa shape index (κ1) is 17.0. The van der Waals surface area contributed by atoms with E-state index in [-0.39, 0.29) is 17.5 Å². The smallest absolute Gasteiger partial charge is 0.237 e. The SMILES string of the molecule is CC(C)(C)N1CC[C@H](NC(=O)[C@@H](N)Cc2c[nH]c3ccccc23)C1. The second-order valence-electron chi connectivity index (χ2n) is 7.78. The molecule has 2 aromatic rings. The zero-order chi connectivity index (χ0) is 17.3. The van der Waals surface area contributed by atoms with Gasteiger partial charge in [0, 0.05) is 41.8 Å². The van der Waals surface area contributed by atoms with Crippen LogP contribution in [0.15, 0.2) is 30.5 Å². The van der Waals surface area contributed by atoms with Crippen LogP contribution in [0.3, 0.4) is 0 Å². The number of amides is 1. The minimum atomic E-state index is -0.520. The van der Waals surface area contributed by atoms with Gasteiger partial charge in [-0.3, -0.25) is 9.69 Å². The number of benzene rings is 1. The molecular formula is C19H28N4O. The number of nitrogens with two attached hydrogens (primary N) is 1. The lowest BCUT2D eigenvalue weighted by Crippen LogP contribution is -2.48. The molecule has 1 amide bonds. The fraction of sp³-hybridized carbons (Fsp3) is 0.526. The lowest BCUT2D eigenvalue weighted by atomic mass is 10.0. The fourth-order valence-corrected chi connectivity index (χ4v) is 3.43. The summed E-state index contributed by atoms with van der Waals surface area (Å²) < 4.78 is 0. The quantitative estimate of drug-likeness (QED) is 0.804. The summed E-state index contributed by atoms with van der Waals surface area (Å²) in [6.45, 7) is 8.54. The zero-order valence-electron chi connectivity index (χ0n) is 14.8. The number of carbonyl (C=O) groups is 1. The Kier molecular flexibility index (Phi) is 4.65. The number of aromatic nitrogens is 1. The summed E-state index contributed by atoms with van der Waals surface area (Å²) >= 11 is 0. The molecule has 1 aromatic carbocycles. The van der Waals surface area contributed by atoms with E-state index in [2.05, 4.69) is 42.0 Å². The van der Waals surface area contributed by atoms with Crippen LogP contribution in [0, 0.1) is 0 Å². The number of H-pyrrole nitrogens is 1. The third-order valence-corrected chi connectivity index (χ3v) is 4.93. The molecule has 1 aromatic heterocycles. The van der Waals surface area contributed by atoms with E-state index in [1.54, 1.807) is 0 Å². The van der Waals surface area contributed by atoms with Gasteiger partial charge in [0.2, 0.25) is 5.91 Å². The van der Waals surface area contributed by atoms with Crippen molar-refractivity contribution in [3.63, 3.8) is 0 Å². The summed E-state index contributed by atoms with van der Waals surface area (Å²) in [5.41, 5.74) is 8.48. The molecule has 1 aliphatic rings. The zero-order valence-corrected chi connectivity index (χ0v) is 14.8. The molecule has 130 valence electrons. The van der Waals surface area contributed by atoms with Gasteiger partial charge in [0.25, 0.3) is 0 Å². The summed E-state index contributed by atoms with van der Waals surface area (Å²) in [6.07, 6.45) is 3.49. The van der Waals surface area contributed by atoms with Gasteiger partial charge >= 0.3 is 0 Å².